The van der Waals surface area contributed by atoms with Gasteiger partial charge in [-0.25, -0.2) is 0 Å². The van der Waals surface area contributed by atoms with Gasteiger partial charge in [0.2, 0.25) is 11.8 Å². The molecule has 1 aromatic rings. The molecule has 0 spiro atoms. The van der Waals surface area contributed by atoms with Crippen LogP contribution in [0.3, 0.4) is 0 Å². The van der Waals surface area contributed by atoms with Crippen molar-refractivity contribution >= 4 is 11.8 Å². The molecule has 1 atom stereocenters. The molecule has 0 aliphatic carbocycles. The van der Waals surface area contributed by atoms with E-state index in [0.717, 1.165) is 26.1 Å². The summed E-state index contributed by atoms with van der Waals surface area (Å²) in [5, 5.41) is 5.61. The Kier molecular flexibility index (Phi) is 4.20. The van der Waals surface area contributed by atoms with Crippen LogP contribution < -0.4 is 10.6 Å². The number of rotatable bonds is 4. The van der Waals surface area contributed by atoms with Crippen molar-refractivity contribution in [2.75, 3.05) is 19.6 Å². The smallest absolute Gasteiger partial charge is 0.242 e. The van der Waals surface area contributed by atoms with Crippen LogP contribution in [0.2, 0.25) is 0 Å². The number of nitrogens with one attached hydrogen (secondary N) is 2. The first kappa shape index (κ1) is 14.1. The molecule has 0 unspecified atom stereocenters. The highest BCUT2D eigenvalue weighted by atomic mass is 16.2. The van der Waals surface area contributed by atoms with Gasteiger partial charge in [0.15, 0.2) is 0 Å². The van der Waals surface area contributed by atoms with Gasteiger partial charge in [-0.2, -0.15) is 0 Å². The van der Waals surface area contributed by atoms with E-state index in [9.17, 15) is 9.59 Å². The van der Waals surface area contributed by atoms with E-state index in [0.29, 0.717) is 19.4 Å². The fraction of sp³-hybridized carbons (Fsp3) is 0.500. The summed E-state index contributed by atoms with van der Waals surface area (Å²) >= 11 is 0. The third-order valence-electron chi connectivity index (χ3n) is 4.25. The van der Waals surface area contributed by atoms with Gasteiger partial charge in [0.05, 0.1) is 0 Å². The van der Waals surface area contributed by atoms with Crippen LogP contribution in [0.15, 0.2) is 24.3 Å². The fourth-order valence-electron chi connectivity index (χ4n) is 3.02. The van der Waals surface area contributed by atoms with E-state index >= 15 is 0 Å². The number of carbonyl (C=O) groups is 2. The molecule has 21 heavy (non-hydrogen) atoms. The zero-order valence-electron chi connectivity index (χ0n) is 12.1. The lowest BCUT2D eigenvalue weighted by atomic mass is 10.00. The number of carbonyl (C=O) groups excluding carboxylic acids is 2. The van der Waals surface area contributed by atoms with Crippen LogP contribution in [0.25, 0.3) is 0 Å². The van der Waals surface area contributed by atoms with Crippen molar-refractivity contribution in [1.29, 1.82) is 0 Å². The first-order valence-corrected chi connectivity index (χ1v) is 7.58. The Morgan fingerprint density at radius 1 is 1.29 bits per heavy atom. The van der Waals surface area contributed by atoms with Crippen LogP contribution in [-0.2, 0) is 22.6 Å². The summed E-state index contributed by atoms with van der Waals surface area (Å²) in [5.41, 5.74) is 2.82. The molecule has 0 radical (unpaired) electrons. The fourth-order valence-corrected chi connectivity index (χ4v) is 3.02. The summed E-state index contributed by atoms with van der Waals surface area (Å²) in [4.78, 5) is 25.3. The molecule has 2 N–H and O–H groups in total. The monoisotopic (exact) mass is 287 g/mol. The van der Waals surface area contributed by atoms with E-state index in [1.165, 1.54) is 11.1 Å². The third-order valence-corrected chi connectivity index (χ3v) is 4.25. The second-order valence-corrected chi connectivity index (χ2v) is 5.74. The number of benzene rings is 1. The molecule has 1 saturated heterocycles. The Morgan fingerprint density at radius 3 is 2.86 bits per heavy atom. The molecule has 2 amide bonds. The Bertz CT molecular complexity index is 544. The number of amides is 2. The van der Waals surface area contributed by atoms with Gasteiger partial charge < -0.3 is 10.6 Å². The molecule has 3 rings (SSSR count). The van der Waals surface area contributed by atoms with Gasteiger partial charge in [-0.15, -0.1) is 0 Å². The summed E-state index contributed by atoms with van der Waals surface area (Å²) in [5.74, 6) is -0.0824. The predicted octanol–water partition coefficient (Wildman–Crippen LogP) is 0.440. The van der Waals surface area contributed by atoms with Gasteiger partial charge >= 0.3 is 0 Å². The average Bonchev–Trinajstić information content (AvgIpc) is 2.94. The van der Waals surface area contributed by atoms with E-state index in [1.54, 1.807) is 0 Å². The van der Waals surface area contributed by atoms with E-state index in [-0.39, 0.29) is 17.9 Å². The molecule has 2 heterocycles. The lowest BCUT2D eigenvalue weighted by molar-refractivity contribution is -0.125. The highest BCUT2D eigenvalue weighted by Crippen LogP contribution is 2.17. The second kappa shape index (κ2) is 6.26. The maximum absolute atomic E-state index is 11.9. The van der Waals surface area contributed by atoms with Crippen molar-refractivity contribution in [1.82, 2.24) is 15.5 Å². The molecule has 5 heteroatoms. The summed E-state index contributed by atoms with van der Waals surface area (Å²) in [7, 11) is 0. The van der Waals surface area contributed by atoms with Crippen molar-refractivity contribution < 1.29 is 9.59 Å². The molecule has 0 saturated carbocycles. The number of hydrogen-bond donors (Lipinski definition) is 2. The van der Waals surface area contributed by atoms with E-state index in [1.807, 2.05) is 0 Å². The van der Waals surface area contributed by atoms with E-state index in [2.05, 4.69) is 39.8 Å². The van der Waals surface area contributed by atoms with Crippen LogP contribution in [0.4, 0.5) is 0 Å². The third kappa shape index (κ3) is 3.42. The molecular weight excluding hydrogens is 266 g/mol. The number of nitrogens with zero attached hydrogens (tertiary/aromatic N) is 1. The molecule has 112 valence electrons. The van der Waals surface area contributed by atoms with Gasteiger partial charge in [-0.1, -0.05) is 24.3 Å². The minimum Gasteiger partial charge on any atom is -0.353 e. The standard InChI is InChI=1S/C16H21N3O2/c20-15-6-5-14(18-15)16(21)17-8-10-19-9-7-12-3-1-2-4-13(12)11-19/h1-4,14H,5-11H2,(H,17,21)(H,18,20)/t14-/m0/s1. The molecule has 2 aliphatic rings. The van der Waals surface area contributed by atoms with Crippen molar-refractivity contribution in [3.05, 3.63) is 35.4 Å². The number of fused-ring (bicyclic) bond motifs is 1. The van der Waals surface area contributed by atoms with Gasteiger partial charge in [-0.05, 0) is 24.0 Å². The summed E-state index contributed by atoms with van der Waals surface area (Å²) in [6.45, 7) is 3.47. The van der Waals surface area contributed by atoms with Crippen molar-refractivity contribution in [3.63, 3.8) is 0 Å². The lowest BCUT2D eigenvalue weighted by Crippen LogP contribution is -2.44. The van der Waals surface area contributed by atoms with E-state index in [4.69, 9.17) is 0 Å². The zero-order chi connectivity index (χ0) is 14.7. The molecule has 1 fully saturated rings. The maximum atomic E-state index is 11.9. The Balaban J connectivity index is 1.42. The summed E-state index contributed by atoms with van der Waals surface area (Å²) in [6.07, 6.45) is 2.14. The van der Waals surface area contributed by atoms with Gasteiger partial charge in [0.25, 0.3) is 0 Å². The van der Waals surface area contributed by atoms with Gasteiger partial charge in [0.1, 0.15) is 6.04 Å². The molecular formula is C16H21N3O2. The first-order chi connectivity index (χ1) is 10.2. The van der Waals surface area contributed by atoms with Crippen LogP contribution in [0.1, 0.15) is 24.0 Å². The first-order valence-electron chi connectivity index (χ1n) is 7.58. The molecule has 1 aromatic carbocycles. The van der Waals surface area contributed by atoms with Crippen molar-refractivity contribution in [2.24, 2.45) is 0 Å². The highest BCUT2D eigenvalue weighted by Gasteiger charge is 2.26. The van der Waals surface area contributed by atoms with Crippen LogP contribution in [-0.4, -0.2) is 42.4 Å². The minimum absolute atomic E-state index is 0.0252. The largest absolute Gasteiger partial charge is 0.353 e. The zero-order valence-corrected chi connectivity index (χ0v) is 12.1. The van der Waals surface area contributed by atoms with Gasteiger partial charge in [0, 0.05) is 32.6 Å². The average molecular weight is 287 g/mol. The quantitative estimate of drug-likeness (QED) is 0.845. The molecule has 0 bridgehead atoms. The Morgan fingerprint density at radius 2 is 2.10 bits per heavy atom. The molecule has 2 aliphatic heterocycles. The molecule has 0 aromatic heterocycles. The Hall–Kier alpha value is -1.88. The topological polar surface area (TPSA) is 61.4 Å². The lowest BCUT2D eigenvalue weighted by Gasteiger charge is -2.28. The predicted molar refractivity (Wildman–Crippen MR) is 79.6 cm³/mol. The number of hydrogen-bond acceptors (Lipinski definition) is 3. The minimum atomic E-state index is -0.334. The van der Waals surface area contributed by atoms with E-state index < -0.39 is 0 Å². The second-order valence-electron chi connectivity index (χ2n) is 5.74. The van der Waals surface area contributed by atoms with Crippen LogP contribution in [0, 0.1) is 0 Å². The maximum Gasteiger partial charge on any atom is 0.242 e. The van der Waals surface area contributed by atoms with Crippen molar-refractivity contribution in [2.45, 2.75) is 31.8 Å². The summed E-state index contributed by atoms with van der Waals surface area (Å²) < 4.78 is 0. The van der Waals surface area contributed by atoms with Crippen LogP contribution in [0.5, 0.6) is 0 Å². The highest BCUT2D eigenvalue weighted by molar-refractivity contribution is 5.90. The summed E-state index contributed by atoms with van der Waals surface area (Å²) in [6, 6.07) is 8.20. The van der Waals surface area contributed by atoms with Crippen molar-refractivity contribution in [3.8, 4) is 0 Å². The van der Waals surface area contributed by atoms with Crippen LogP contribution >= 0.6 is 0 Å². The van der Waals surface area contributed by atoms with Gasteiger partial charge in [-0.3, -0.25) is 14.5 Å². The SMILES string of the molecule is O=C1CC[C@@H](C(=O)NCCN2CCc3ccccc3C2)N1. The Labute approximate surface area is 124 Å². The normalized spacial score (nSPS) is 21.7. The molecule has 5 nitrogen and oxygen atoms in total.